The number of carboxylic acids is 1. The number of hydrogen-bond acceptors (Lipinski definition) is 3. The maximum atomic E-state index is 11.4. The summed E-state index contributed by atoms with van der Waals surface area (Å²) in [6.07, 6.45) is 4.51. The second kappa shape index (κ2) is 3.98. The van der Waals surface area contributed by atoms with Crippen molar-refractivity contribution in [2.45, 2.75) is 0 Å². The summed E-state index contributed by atoms with van der Waals surface area (Å²) in [5, 5.41) is 8.97. The van der Waals surface area contributed by atoms with Gasteiger partial charge < -0.3 is 10.1 Å². The minimum Gasteiger partial charge on any atom is -0.477 e. The highest BCUT2D eigenvalue weighted by Gasteiger charge is 2.15. The van der Waals surface area contributed by atoms with Gasteiger partial charge in [0, 0.05) is 24.2 Å². The Morgan fingerprint density at radius 2 is 1.94 bits per heavy atom. The minimum atomic E-state index is -1.24. The number of H-pyrrole nitrogens is 1. The number of carboxylic acid groups (broad SMARTS) is 1. The first-order valence-electron chi connectivity index (χ1n) is 4.55. The van der Waals surface area contributed by atoms with Crippen LogP contribution in [0.15, 0.2) is 41.6 Å². The molecular weight excluding hydrogens is 208 g/mol. The number of pyridine rings is 2. The van der Waals surface area contributed by atoms with Gasteiger partial charge in [-0.1, -0.05) is 0 Å². The lowest BCUT2D eigenvalue weighted by atomic mass is 10.0. The van der Waals surface area contributed by atoms with Crippen LogP contribution in [0.25, 0.3) is 11.1 Å². The van der Waals surface area contributed by atoms with E-state index in [1.165, 1.54) is 6.20 Å². The van der Waals surface area contributed by atoms with Crippen molar-refractivity contribution in [3.63, 3.8) is 0 Å². The molecule has 2 N–H and O–H groups in total. The predicted octanol–water partition coefficient (Wildman–Crippen LogP) is 1.14. The first-order chi connectivity index (χ1) is 7.70. The predicted molar refractivity (Wildman–Crippen MR) is 57.3 cm³/mol. The molecule has 2 rings (SSSR count). The topological polar surface area (TPSA) is 83.0 Å². The van der Waals surface area contributed by atoms with E-state index in [4.69, 9.17) is 5.11 Å². The molecule has 80 valence electrons. The summed E-state index contributed by atoms with van der Waals surface area (Å²) in [6.45, 7) is 0. The van der Waals surface area contributed by atoms with Gasteiger partial charge in [-0.15, -0.1) is 0 Å². The zero-order valence-corrected chi connectivity index (χ0v) is 8.18. The number of rotatable bonds is 2. The molecule has 0 aliphatic carbocycles. The number of nitrogens with one attached hydrogen (secondary N) is 1. The van der Waals surface area contributed by atoms with Gasteiger partial charge in [0.2, 0.25) is 0 Å². The van der Waals surface area contributed by atoms with Crippen molar-refractivity contribution < 1.29 is 9.90 Å². The molecule has 0 aliphatic rings. The maximum absolute atomic E-state index is 11.4. The summed E-state index contributed by atoms with van der Waals surface area (Å²) in [4.78, 5) is 28.6. The number of hydrogen-bond donors (Lipinski definition) is 2. The Kier molecular flexibility index (Phi) is 2.51. The monoisotopic (exact) mass is 216 g/mol. The van der Waals surface area contributed by atoms with Crippen LogP contribution in [-0.4, -0.2) is 21.0 Å². The smallest absolute Gasteiger partial charge is 0.341 e. The normalized spacial score (nSPS) is 10.0. The number of carbonyl (C=O) groups is 1. The second-order valence-corrected chi connectivity index (χ2v) is 3.14. The number of aromatic nitrogens is 2. The SMILES string of the molecule is O=C(O)c1c(-c2ccncc2)cc[nH]c1=O. The van der Waals surface area contributed by atoms with E-state index in [0.29, 0.717) is 11.1 Å². The molecule has 0 spiro atoms. The van der Waals surface area contributed by atoms with E-state index in [1.54, 1.807) is 30.6 Å². The van der Waals surface area contributed by atoms with Crippen LogP contribution in [0.4, 0.5) is 0 Å². The summed E-state index contributed by atoms with van der Waals surface area (Å²) >= 11 is 0. The average Bonchev–Trinajstić information content (AvgIpc) is 2.29. The first-order valence-corrected chi connectivity index (χ1v) is 4.55. The molecule has 0 bridgehead atoms. The molecule has 0 radical (unpaired) electrons. The van der Waals surface area contributed by atoms with E-state index >= 15 is 0 Å². The van der Waals surface area contributed by atoms with Gasteiger partial charge >= 0.3 is 5.97 Å². The molecule has 0 amide bonds. The average molecular weight is 216 g/mol. The van der Waals surface area contributed by atoms with Gasteiger partial charge in [-0.25, -0.2) is 4.79 Å². The van der Waals surface area contributed by atoms with Crippen LogP contribution in [0, 0.1) is 0 Å². The Hall–Kier alpha value is -2.43. The van der Waals surface area contributed by atoms with Gasteiger partial charge in [-0.05, 0) is 23.8 Å². The van der Waals surface area contributed by atoms with Crippen LogP contribution in [0.1, 0.15) is 10.4 Å². The van der Waals surface area contributed by atoms with Gasteiger partial charge in [0.1, 0.15) is 5.56 Å². The Bertz CT molecular complexity index is 575. The van der Waals surface area contributed by atoms with E-state index in [2.05, 4.69) is 9.97 Å². The fourth-order valence-electron chi connectivity index (χ4n) is 1.46. The van der Waals surface area contributed by atoms with Crippen molar-refractivity contribution in [2.24, 2.45) is 0 Å². The van der Waals surface area contributed by atoms with Crippen LogP contribution in [0.2, 0.25) is 0 Å². The van der Waals surface area contributed by atoms with E-state index in [9.17, 15) is 9.59 Å². The van der Waals surface area contributed by atoms with Gasteiger partial charge in [0.05, 0.1) is 0 Å². The fraction of sp³-hybridized carbons (Fsp3) is 0. The lowest BCUT2D eigenvalue weighted by Gasteiger charge is -2.03. The van der Waals surface area contributed by atoms with Gasteiger partial charge in [0.25, 0.3) is 5.56 Å². The van der Waals surface area contributed by atoms with E-state index in [-0.39, 0.29) is 5.56 Å². The molecule has 2 aromatic rings. The lowest BCUT2D eigenvalue weighted by molar-refractivity contribution is 0.0696. The third-order valence-corrected chi connectivity index (χ3v) is 2.17. The van der Waals surface area contributed by atoms with Crippen molar-refractivity contribution in [2.75, 3.05) is 0 Å². The summed E-state index contributed by atoms with van der Waals surface area (Å²) in [7, 11) is 0. The summed E-state index contributed by atoms with van der Waals surface area (Å²) in [5.74, 6) is -1.24. The Morgan fingerprint density at radius 1 is 1.25 bits per heavy atom. The summed E-state index contributed by atoms with van der Waals surface area (Å²) in [5.41, 5.74) is 0.174. The molecule has 0 unspecified atom stereocenters. The molecule has 0 saturated carbocycles. The molecule has 0 fully saturated rings. The van der Waals surface area contributed by atoms with Crippen molar-refractivity contribution in [3.8, 4) is 11.1 Å². The molecule has 0 saturated heterocycles. The highest BCUT2D eigenvalue weighted by Crippen LogP contribution is 2.19. The summed E-state index contributed by atoms with van der Waals surface area (Å²) in [6, 6.07) is 4.86. The Labute approximate surface area is 90.4 Å². The number of aromatic carboxylic acids is 1. The van der Waals surface area contributed by atoms with Crippen LogP contribution >= 0.6 is 0 Å². The largest absolute Gasteiger partial charge is 0.477 e. The van der Waals surface area contributed by atoms with E-state index in [0.717, 1.165) is 0 Å². The molecule has 0 aromatic carbocycles. The molecule has 0 atom stereocenters. The number of aromatic amines is 1. The van der Waals surface area contributed by atoms with Crippen molar-refractivity contribution in [3.05, 3.63) is 52.7 Å². The minimum absolute atomic E-state index is 0.256. The Balaban J connectivity index is 2.71. The lowest BCUT2D eigenvalue weighted by Crippen LogP contribution is -2.18. The molecule has 5 heteroatoms. The van der Waals surface area contributed by atoms with Crippen LogP contribution in [0.3, 0.4) is 0 Å². The van der Waals surface area contributed by atoms with Gasteiger partial charge in [-0.3, -0.25) is 9.78 Å². The maximum Gasteiger partial charge on any atom is 0.341 e. The molecule has 16 heavy (non-hydrogen) atoms. The highest BCUT2D eigenvalue weighted by molar-refractivity contribution is 5.95. The fourth-order valence-corrected chi connectivity index (χ4v) is 1.46. The van der Waals surface area contributed by atoms with Gasteiger partial charge in [0.15, 0.2) is 0 Å². The summed E-state index contributed by atoms with van der Waals surface area (Å²) < 4.78 is 0. The van der Waals surface area contributed by atoms with E-state index < -0.39 is 11.5 Å². The highest BCUT2D eigenvalue weighted by atomic mass is 16.4. The molecular formula is C11H8N2O3. The van der Waals surface area contributed by atoms with Crippen LogP contribution < -0.4 is 5.56 Å². The standard InChI is InChI=1S/C11H8N2O3/c14-10-9(11(15)16)8(3-6-13-10)7-1-4-12-5-2-7/h1-6H,(H,13,14)(H,15,16). The molecule has 2 aromatic heterocycles. The second-order valence-electron chi connectivity index (χ2n) is 3.14. The quantitative estimate of drug-likeness (QED) is 0.788. The number of nitrogens with zero attached hydrogens (tertiary/aromatic N) is 1. The Morgan fingerprint density at radius 3 is 2.56 bits per heavy atom. The van der Waals surface area contributed by atoms with Crippen molar-refractivity contribution in [1.29, 1.82) is 0 Å². The zero-order valence-electron chi connectivity index (χ0n) is 8.18. The first kappa shape index (κ1) is 10.1. The third kappa shape index (κ3) is 1.70. The zero-order chi connectivity index (χ0) is 11.5. The molecule has 5 nitrogen and oxygen atoms in total. The van der Waals surface area contributed by atoms with Crippen molar-refractivity contribution >= 4 is 5.97 Å². The van der Waals surface area contributed by atoms with Crippen LogP contribution in [0.5, 0.6) is 0 Å². The molecule has 0 aliphatic heterocycles. The van der Waals surface area contributed by atoms with Gasteiger partial charge in [-0.2, -0.15) is 0 Å². The van der Waals surface area contributed by atoms with E-state index in [1.807, 2.05) is 0 Å². The third-order valence-electron chi connectivity index (χ3n) is 2.17. The van der Waals surface area contributed by atoms with Crippen molar-refractivity contribution in [1.82, 2.24) is 9.97 Å². The van der Waals surface area contributed by atoms with Crippen LogP contribution in [-0.2, 0) is 0 Å². The molecule has 2 heterocycles.